The van der Waals surface area contributed by atoms with E-state index in [4.69, 9.17) is 5.11 Å². The van der Waals surface area contributed by atoms with E-state index in [1.54, 1.807) is 0 Å². The molecule has 1 atom stereocenters. The zero-order valence-electron chi connectivity index (χ0n) is 13.2. The maximum Gasteiger partial charge on any atom is 0.323 e. The summed E-state index contributed by atoms with van der Waals surface area (Å²) < 4.78 is 0. The molecule has 3 rings (SSSR count). The van der Waals surface area contributed by atoms with Crippen LogP contribution in [0, 0.1) is 12.8 Å². The van der Waals surface area contributed by atoms with Gasteiger partial charge in [-0.25, -0.2) is 4.79 Å². The Morgan fingerprint density at radius 1 is 1.33 bits per heavy atom. The molecular weight excluding hydrogens is 328 g/mol. The van der Waals surface area contributed by atoms with Gasteiger partial charge in [0, 0.05) is 19.5 Å². The molecule has 126 valence electrons. The van der Waals surface area contributed by atoms with Crippen LogP contribution in [0.1, 0.15) is 22.6 Å². The number of aromatic nitrogens is 2. The molecule has 2 heterocycles. The van der Waals surface area contributed by atoms with E-state index in [2.05, 4.69) is 15.5 Å². The summed E-state index contributed by atoms with van der Waals surface area (Å²) in [5.41, 5.74) is 2.34. The zero-order chi connectivity index (χ0) is 17.1. The maximum absolute atomic E-state index is 12.1. The number of hydrogen-bond acceptors (Lipinski definition) is 5. The third-order valence-electron chi connectivity index (χ3n) is 3.98. The van der Waals surface area contributed by atoms with Crippen molar-refractivity contribution < 1.29 is 14.7 Å². The first-order valence-corrected chi connectivity index (χ1v) is 8.49. The van der Waals surface area contributed by atoms with Crippen LogP contribution in [0.5, 0.6) is 0 Å². The number of carboxylic acid groups (broad SMARTS) is 1. The molecule has 2 N–H and O–H groups in total. The second-order valence-corrected chi connectivity index (χ2v) is 6.93. The molecule has 1 aliphatic rings. The predicted molar refractivity (Wildman–Crippen MR) is 90.2 cm³/mol. The molecule has 1 aromatic heterocycles. The number of anilines is 1. The molecule has 7 nitrogen and oxygen atoms in total. The number of urea groups is 1. The molecule has 0 radical (unpaired) electrons. The van der Waals surface area contributed by atoms with Crippen molar-refractivity contribution in [2.45, 2.75) is 19.8 Å². The highest BCUT2D eigenvalue weighted by Gasteiger charge is 2.31. The smallest absolute Gasteiger partial charge is 0.323 e. The Bertz CT molecular complexity index is 744. The molecular formula is C16H18N4O3S. The molecule has 1 fully saturated rings. The van der Waals surface area contributed by atoms with E-state index < -0.39 is 11.9 Å². The van der Waals surface area contributed by atoms with Gasteiger partial charge in [-0.1, -0.05) is 41.2 Å². The van der Waals surface area contributed by atoms with Crippen LogP contribution < -0.4 is 5.32 Å². The van der Waals surface area contributed by atoms with E-state index in [1.807, 2.05) is 31.2 Å². The summed E-state index contributed by atoms with van der Waals surface area (Å²) in [6.45, 7) is 2.71. The second kappa shape index (κ2) is 6.96. The number of carbonyl (C=O) groups excluding carboxylic acids is 1. The number of nitrogens with zero attached hydrogens (tertiary/aromatic N) is 3. The first-order valence-electron chi connectivity index (χ1n) is 7.68. The maximum atomic E-state index is 12.1. The number of nitrogens with one attached hydrogen (secondary N) is 1. The first kappa shape index (κ1) is 16.4. The Morgan fingerprint density at radius 2 is 2.08 bits per heavy atom. The Labute approximate surface area is 143 Å². The number of aryl methyl sites for hydroxylation is 1. The number of rotatable bonds is 4. The number of hydrogen-bond donors (Lipinski definition) is 2. The number of likely N-dealkylation sites (tertiary alicyclic amines) is 1. The lowest BCUT2D eigenvalue weighted by Crippen LogP contribution is -2.33. The largest absolute Gasteiger partial charge is 0.481 e. The summed E-state index contributed by atoms with van der Waals surface area (Å²) in [7, 11) is 0. The summed E-state index contributed by atoms with van der Waals surface area (Å²) in [5.74, 6) is -1.34. The van der Waals surface area contributed by atoms with Gasteiger partial charge < -0.3 is 10.0 Å². The van der Waals surface area contributed by atoms with Crippen molar-refractivity contribution in [1.82, 2.24) is 15.1 Å². The Morgan fingerprint density at radius 3 is 2.75 bits per heavy atom. The highest BCUT2D eigenvalue weighted by atomic mass is 32.1. The molecule has 0 bridgehead atoms. The number of carbonyl (C=O) groups is 2. The van der Waals surface area contributed by atoms with Gasteiger partial charge in [0.05, 0.1) is 5.92 Å². The molecule has 0 saturated carbocycles. The molecule has 24 heavy (non-hydrogen) atoms. The molecule has 0 unspecified atom stereocenters. The van der Waals surface area contributed by atoms with Gasteiger partial charge in [-0.2, -0.15) is 0 Å². The topological polar surface area (TPSA) is 95.4 Å². The fourth-order valence-electron chi connectivity index (χ4n) is 2.57. The standard InChI is InChI=1S/C16H18N4O3S/c1-10-2-4-11(5-3-10)8-13-18-19-15(24-13)17-16(23)20-7-6-12(9-20)14(21)22/h2-5,12H,6-9H2,1H3,(H,21,22)(H,17,19,23)/t12-/m0/s1. The van der Waals surface area contributed by atoms with Gasteiger partial charge in [-0.3, -0.25) is 10.1 Å². The summed E-state index contributed by atoms with van der Waals surface area (Å²) in [6, 6.07) is 7.87. The Kier molecular flexibility index (Phi) is 4.75. The van der Waals surface area contributed by atoms with Crippen molar-refractivity contribution in [3.63, 3.8) is 0 Å². The normalized spacial score (nSPS) is 17.0. The van der Waals surface area contributed by atoms with E-state index in [9.17, 15) is 9.59 Å². The average molecular weight is 346 g/mol. The third-order valence-corrected chi connectivity index (χ3v) is 4.82. The lowest BCUT2D eigenvalue weighted by atomic mass is 10.1. The summed E-state index contributed by atoms with van der Waals surface area (Å²) >= 11 is 1.33. The fourth-order valence-corrected chi connectivity index (χ4v) is 3.34. The van der Waals surface area contributed by atoms with Crippen molar-refractivity contribution in [2.24, 2.45) is 5.92 Å². The van der Waals surface area contributed by atoms with E-state index in [0.717, 1.165) is 10.6 Å². The van der Waals surface area contributed by atoms with Gasteiger partial charge in [0.25, 0.3) is 0 Å². The van der Waals surface area contributed by atoms with Gasteiger partial charge >= 0.3 is 12.0 Å². The van der Waals surface area contributed by atoms with Gasteiger partial charge in [0.2, 0.25) is 5.13 Å². The van der Waals surface area contributed by atoms with Crippen molar-refractivity contribution in [3.05, 3.63) is 40.4 Å². The van der Waals surface area contributed by atoms with Crippen LogP contribution in [0.2, 0.25) is 0 Å². The quantitative estimate of drug-likeness (QED) is 0.886. The van der Waals surface area contributed by atoms with Crippen LogP contribution in [-0.2, 0) is 11.2 Å². The van der Waals surface area contributed by atoms with Crippen LogP contribution in [0.3, 0.4) is 0 Å². The molecule has 2 aromatic rings. The minimum Gasteiger partial charge on any atom is -0.481 e. The van der Waals surface area contributed by atoms with Gasteiger partial charge in [0.1, 0.15) is 5.01 Å². The first-order chi connectivity index (χ1) is 11.5. The lowest BCUT2D eigenvalue weighted by Gasteiger charge is -2.14. The summed E-state index contributed by atoms with van der Waals surface area (Å²) in [6.07, 6.45) is 1.15. The van der Waals surface area contributed by atoms with E-state index in [0.29, 0.717) is 24.5 Å². The Hall–Kier alpha value is -2.48. The van der Waals surface area contributed by atoms with Crippen molar-refractivity contribution in [2.75, 3.05) is 18.4 Å². The summed E-state index contributed by atoms with van der Waals surface area (Å²) in [5, 5.41) is 21.0. The number of amides is 2. The molecule has 1 aliphatic heterocycles. The summed E-state index contributed by atoms with van der Waals surface area (Å²) in [4.78, 5) is 24.6. The van der Waals surface area contributed by atoms with Crippen LogP contribution in [0.4, 0.5) is 9.93 Å². The van der Waals surface area contributed by atoms with Crippen molar-refractivity contribution in [3.8, 4) is 0 Å². The number of carboxylic acids is 1. The van der Waals surface area contributed by atoms with Crippen LogP contribution in [0.25, 0.3) is 0 Å². The van der Waals surface area contributed by atoms with Gasteiger partial charge in [-0.15, -0.1) is 10.2 Å². The van der Waals surface area contributed by atoms with E-state index >= 15 is 0 Å². The SMILES string of the molecule is Cc1ccc(Cc2nnc(NC(=O)N3CC[C@H](C(=O)O)C3)s2)cc1. The minimum absolute atomic E-state index is 0.232. The van der Waals surface area contributed by atoms with E-state index in [1.165, 1.54) is 21.8 Å². The molecule has 1 saturated heterocycles. The van der Waals surface area contributed by atoms with E-state index in [-0.39, 0.29) is 12.6 Å². The third kappa shape index (κ3) is 3.88. The van der Waals surface area contributed by atoms with Crippen LogP contribution >= 0.6 is 11.3 Å². The zero-order valence-corrected chi connectivity index (χ0v) is 14.0. The van der Waals surface area contributed by atoms with Crippen molar-refractivity contribution in [1.29, 1.82) is 0 Å². The second-order valence-electron chi connectivity index (χ2n) is 5.86. The Balaban J connectivity index is 1.57. The van der Waals surface area contributed by atoms with Gasteiger partial charge in [-0.05, 0) is 18.9 Å². The number of benzene rings is 1. The highest BCUT2D eigenvalue weighted by Crippen LogP contribution is 2.21. The highest BCUT2D eigenvalue weighted by molar-refractivity contribution is 7.15. The number of aliphatic carboxylic acids is 1. The minimum atomic E-state index is -0.860. The van der Waals surface area contributed by atoms with Crippen molar-refractivity contribution >= 4 is 28.5 Å². The molecule has 1 aromatic carbocycles. The lowest BCUT2D eigenvalue weighted by molar-refractivity contribution is -0.141. The van der Waals surface area contributed by atoms with Crippen LogP contribution in [-0.4, -0.2) is 45.3 Å². The molecule has 0 spiro atoms. The monoisotopic (exact) mass is 346 g/mol. The molecule has 8 heteroatoms. The van der Waals surface area contributed by atoms with Gasteiger partial charge in [0.15, 0.2) is 0 Å². The predicted octanol–water partition coefficient (Wildman–Crippen LogP) is 2.38. The molecule has 2 amide bonds. The fraction of sp³-hybridized carbons (Fsp3) is 0.375. The molecule has 0 aliphatic carbocycles. The van der Waals surface area contributed by atoms with Crippen LogP contribution in [0.15, 0.2) is 24.3 Å². The average Bonchev–Trinajstić information content (AvgIpc) is 3.19.